The number of unbranched alkanes of at least 4 members (excludes halogenated alkanes) is 1. The summed E-state index contributed by atoms with van der Waals surface area (Å²) in [5.74, 6) is 1.77. The quantitative estimate of drug-likeness (QED) is 0.335. The van der Waals surface area contributed by atoms with E-state index in [1.165, 1.54) is 5.56 Å². The smallest absolute Gasteiger partial charge is 0.255 e. The molecule has 170 valence electrons. The largest absolute Gasteiger partial charge is 0.493 e. The van der Waals surface area contributed by atoms with Crippen LogP contribution in [-0.4, -0.2) is 39.0 Å². The molecule has 4 aromatic rings. The molecule has 6 heteroatoms. The molecule has 0 aliphatic rings. The third-order valence-electron chi connectivity index (χ3n) is 5.74. The molecule has 2 aromatic carbocycles. The SMILES string of the molecule is Cc1ccc(C)c(OCCCCn2c(CN(C)C(=O)c3cccnc3)nc3ccccc32)c1. The number of amides is 1. The monoisotopic (exact) mass is 442 g/mol. The third kappa shape index (κ3) is 5.40. The van der Waals surface area contributed by atoms with Gasteiger partial charge in [-0.25, -0.2) is 4.98 Å². The Bertz CT molecular complexity index is 1230. The minimum absolute atomic E-state index is 0.0661. The topological polar surface area (TPSA) is 60.2 Å². The van der Waals surface area contributed by atoms with Crippen molar-refractivity contribution in [3.8, 4) is 5.75 Å². The summed E-state index contributed by atoms with van der Waals surface area (Å²) >= 11 is 0. The van der Waals surface area contributed by atoms with Gasteiger partial charge in [-0.2, -0.15) is 0 Å². The number of carbonyl (C=O) groups excluding carboxylic acids is 1. The van der Waals surface area contributed by atoms with E-state index in [9.17, 15) is 4.79 Å². The lowest BCUT2D eigenvalue weighted by Gasteiger charge is -2.18. The number of imidazole rings is 1. The van der Waals surface area contributed by atoms with Gasteiger partial charge in [-0.15, -0.1) is 0 Å². The van der Waals surface area contributed by atoms with E-state index in [0.717, 1.165) is 47.6 Å². The summed E-state index contributed by atoms with van der Waals surface area (Å²) in [4.78, 5) is 23.4. The van der Waals surface area contributed by atoms with Gasteiger partial charge in [-0.1, -0.05) is 24.3 Å². The van der Waals surface area contributed by atoms with Crippen molar-refractivity contribution in [2.45, 2.75) is 39.8 Å². The molecule has 0 N–H and O–H groups in total. The maximum absolute atomic E-state index is 12.8. The highest BCUT2D eigenvalue weighted by atomic mass is 16.5. The number of nitrogens with zero attached hydrogens (tertiary/aromatic N) is 4. The molecule has 0 saturated carbocycles. The van der Waals surface area contributed by atoms with Crippen LogP contribution in [0.1, 0.15) is 40.2 Å². The van der Waals surface area contributed by atoms with Crippen molar-refractivity contribution in [3.63, 3.8) is 0 Å². The summed E-state index contributed by atoms with van der Waals surface area (Å²) in [6.07, 6.45) is 5.15. The van der Waals surface area contributed by atoms with Crippen molar-refractivity contribution < 1.29 is 9.53 Å². The number of ether oxygens (including phenoxy) is 1. The van der Waals surface area contributed by atoms with E-state index < -0.39 is 0 Å². The highest BCUT2D eigenvalue weighted by molar-refractivity contribution is 5.93. The van der Waals surface area contributed by atoms with E-state index in [1.54, 1.807) is 36.5 Å². The number of hydrogen-bond donors (Lipinski definition) is 0. The van der Waals surface area contributed by atoms with Crippen LogP contribution in [-0.2, 0) is 13.1 Å². The van der Waals surface area contributed by atoms with E-state index in [2.05, 4.69) is 47.7 Å². The predicted molar refractivity (Wildman–Crippen MR) is 130 cm³/mol. The lowest BCUT2D eigenvalue weighted by Crippen LogP contribution is -2.28. The Balaban J connectivity index is 1.42. The third-order valence-corrected chi connectivity index (χ3v) is 5.74. The van der Waals surface area contributed by atoms with E-state index >= 15 is 0 Å². The average molecular weight is 443 g/mol. The molecule has 0 radical (unpaired) electrons. The van der Waals surface area contributed by atoms with Crippen LogP contribution in [0.4, 0.5) is 0 Å². The van der Waals surface area contributed by atoms with Crippen LogP contribution in [0.2, 0.25) is 0 Å². The Kier molecular flexibility index (Phi) is 7.03. The standard InChI is InChI=1S/C27H30N4O2/c1-20-12-13-21(2)25(17-20)33-16-7-6-15-31-24-11-5-4-10-23(24)29-26(31)19-30(3)27(32)22-9-8-14-28-18-22/h4-5,8-14,17-18H,6-7,15-16,19H2,1-3H3. The maximum Gasteiger partial charge on any atom is 0.255 e. The van der Waals surface area contributed by atoms with Crippen molar-refractivity contribution in [2.75, 3.05) is 13.7 Å². The number of aromatic nitrogens is 3. The van der Waals surface area contributed by atoms with Crippen molar-refractivity contribution in [3.05, 3.63) is 89.5 Å². The molecule has 2 aromatic heterocycles. The Morgan fingerprint density at radius 1 is 1.06 bits per heavy atom. The molecule has 33 heavy (non-hydrogen) atoms. The van der Waals surface area contributed by atoms with E-state index in [1.807, 2.05) is 18.2 Å². The van der Waals surface area contributed by atoms with Crippen LogP contribution in [0.15, 0.2) is 67.0 Å². The first-order chi connectivity index (χ1) is 16.0. The van der Waals surface area contributed by atoms with Crippen LogP contribution in [0.3, 0.4) is 0 Å². The van der Waals surface area contributed by atoms with Crippen LogP contribution in [0.25, 0.3) is 11.0 Å². The molecule has 0 bridgehead atoms. The summed E-state index contributed by atoms with van der Waals surface area (Å²) in [6, 6.07) is 18.0. The van der Waals surface area contributed by atoms with Gasteiger partial charge in [-0.3, -0.25) is 9.78 Å². The van der Waals surface area contributed by atoms with E-state index in [4.69, 9.17) is 9.72 Å². The minimum Gasteiger partial charge on any atom is -0.493 e. The number of carbonyl (C=O) groups is 1. The van der Waals surface area contributed by atoms with Gasteiger partial charge >= 0.3 is 0 Å². The molecule has 0 atom stereocenters. The lowest BCUT2D eigenvalue weighted by atomic mass is 10.1. The number of rotatable bonds is 9. The molecule has 1 amide bonds. The summed E-state index contributed by atoms with van der Waals surface area (Å²) in [6.45, 7) is 6.07. The van der Waals surface area contributed by atoms with Crippen LogP contribution >= 0.6 is 0 Å². The van der Waals surface area contributed by atoms with E-state index in [-0.39, 0.29) is 5.91 Å². The fourth-order valence-corrected chi connectivity index (χ4v) is 3.91. The molecular weight excluding hydrogens is 412 g/mol. The Hall–Kier alpha value is -3.67. The van der Waals surface area contributed by atoms with Crippen molar-refractivity contribution in [1.82, 2.24) is 19.4 Å². The summed E-state index contributed by atoms with van der Waals surface area (Å²) in [5, 5.41) is 0. The zero-order chi connectivity index (χ0) is 23.2. The highest BCUT2D eigenvalue weighted by Gasteiger charge is 2.17. The number of benzene rings is 2. The zero-order valence-corrected chi connectivity index (χ0v) is 19.5. The predicted octanol–water partition coefficient (Wildman–Crippen LogP) is 5.18. The normalized spacial score (nSPS) is 11.0. The summed E-state index contributed by atoms with van der Waals surface area (Å²) in [7, 11) is 1.80. The van der Waals surface area contributed by atoms with Gasteiger partial charge in [0.15, 0.2) is 0 Å². The molecule has 0 aliphatic heterocycles. The lowest BCUT2D eigenvalue weighted by molar-refractivity contribution is 0.0779. The number of pyridine rings is 1. The van der Waals surface area contributed by atoms with Gasteiger partial charge in [0, 0.05) is 26.0 Å². The Morgan fingerprint density at radius 2 is 1.91 bits per heavy atom. The first-order valence-electron chi connectivity index (χ1n) is 11.3. The number of fused-ring (bicyclic) bond motifs is 1. The van der Waals surface area contributed by atoms with Crippen LogP contribution in [0, 0.1) is 13.8 Å². The first kappa shape index (κ1) is 22.5. The Labute approximate surface area is 194 Å². The number of aryl methyl sites for hydroxylation is 3. The second-order valence-electron chi connectivity index (χ2n) is 8.40. The van der Waals surface area contributed by atoms with Crippen LogP contribution < -0.4 is 4.74 Å². The van der Waals surface area contributed by atoms with Gasteiger partial charge in [0.2, 0.25) is 0 Å². The summed E-state index contributed by atoms with van der Waals surface area (Å²) < 4.78 is 8.24. The van der Waals surface area contributed by atoms with Crippen LogP contribution in [0.5, 0.6) is 5.75 Å². The molecule has 0 fully saturated rings. The van der Waals surface area contributed by atoms with Crippen molar-refractivity contribution >= 4 is 16.9 Å². The van der Waals surface area contributed by atoms with Gasteiger partial charge in [0.05, 0.1) is 29.7 Å². The average Bonchev–Trinajstić information content (AvgIpc) is 3.18. The molecule has 0 saturated heterocycles. The fraction of sp³-hybridized carbons (Fsp3) is 0.296. The second-order valence-corrected chi connectivity index (χ2v) is 8.40. The minimum atomic E-state index is -0.0661. The maximum atomic E-state index is 12.8. The fourth-order valence-electron chi connectivity index (χ4n) is 3.91. The molecule has 0 aliphatic carbocycles. The zero-order valence-electron chi connectivity index (χ0n) is 19.5. The summed E-state index contributed by atoms with van der Waals surface area (Å²) in [5.41, 5.74) is 4.97. The molecule has 4 rings (SSSR count). The molecular formula is C27H30N4O2. The second kappa shape index (κ2) is 10.3. The number of hydrogen-bond acceptors (Lipinski definition) is 4. The van der Waals surface area contributed by atoms with Gasteiger partial charge in [-0.05, 0) is 68.1 Å². The van der Waals surface area contributed by atoms with Gasteiger partial charge in [0.1, 0.15) is 11.6 Å². The number of para-hydroxylation sites is 2. The molecule has 0 unspecified atom stereocenters. The molecule has 0 spiro atoms. The van der Waals surface area contributed by atoms with Gasteiger partial charge in [0.25, 0.3) is 5.91 Å². The van der Waals surface area contributed by atoms with E-state index in [0.29, 0.717) is 18.7 Å². The molecule has 6 nitrogen and oxygen atoms in total. The Morgan fingerprint density at radius 3 is 2.73 bits per heavy atom. The van der Waals surface area contributed by atoms with Crippen molar-refractivity contribution in [2.24, 2.45) is 0 Å². The van der Waals surface area contributed by atoms with Gasteiger partial charge < -0.3 is 14.2 Å². The van der Waals surface area contributed by atoms with Crippen molar-refractivity contribution in [1.29, 1.82) is 0 Å². The molecule has 2 heterocycles. The highest BCUT2D eigenvalue weighted by Crippen LogP contribution is 2.21. The first-order valence-corrected chi connectivity index (χ1v) is 11.3.